The molecule has 0 radical (unpaired) electrons. The lowest BCUT2D eigenvalue weighted by molar-refractivity contribution is 0.0992. The first-order chi connectivity index (χ1) is 12.0. The Morgan fingerprint density at radius 3 is 2.84 bits per heavy atom. The molecular formula is C17H20N4O2S2. The molecule has 1 aromatic carbocycles. The van der Waals surface area contributed by atoms with E-state index in [0.717, 1.165) is 15.9 Å². The molecule has 0 aliphatic heterocycles. The topological polar surface area (TPSA) is 61.4 Å². The van der Waals surface area contributed by atoms with Crippen LogP contribution in [0.25, 0.3) is 10.2 Å². The molecule has 1 amide bonds. The predicted molar refractivity (Wildman–Crippen MR) is 101 cm³/mol. The van der Waals surface area contributed by atoms with Crippen LogP contribution in [0.5, 0.6) is 0 Å². The highest BCUT2D eigenvalue weighted by molar-refractivity contribution is 7.98. The molecule has 0 aliphatic carbocycles. The van der Waals surface area contributed by atoms with Gasteiger partial charge in [-0.3, -0.25) is 9.48 Å². The van der Waals surface area contributed by atoms with E-state index in [1.54, 1.807) is 29.6 Å². The van der Waals surface area contributed by atoms with E-state index in [-0.39, 0.29) is 5.91 Å². The second kappa shape index (κ2) is 7.55. The number of ether oxygens (including phenoxy) is 1. The van der Waals surface area contributed by atoms with Crippen LogP contribution >= 0.6 is 23.1 Å². The fourth-order valence-electron chi connectivity index (χ4n) is 2.47. The minimum absolute atomic E-state index is 0.327. The summed E-state index contributed by atoms with van der Waals surface area (Å²) in [7, 11) is 3.48. The molecule has 0 saturated heterocycles. The number of thioether (sulfide) groups is 1. The molecule has 3 aromatic rings. The van der Waals surface area contributed by atoms with E-state index >= 15 is 0 Å². The van der Waals surface area contributed by atoms with Gasteiger partial charge in [0.2, 0.25) is 0 Å². The lowest BCUT2D eigenvalue weighted by Gasteiger charge is -2.04. The van der Waals surface area contributed by atoms with Crippen LogP contribution in [0.2, 0.25) is 0 Å². The van der Waals surface area contributed by atoms with E-state index in [4.69, 9.17) is 4.74 Å². The Morgan fingerprint density at radius 1 is 1.40 bits per heavy atom. The molecule has 2 heterocycles. The molecule has 0 unspecified atom stereocenters. The van der Waals surface area contributed by atoms with E-state index < -0.39 is 0 Å². The number of benzene rings is 1. The van der Waals surface area contributed by atoms with Crippen LogP contribution < -0.4 is 4.80 Å². The van der Waals surface area contributed by atoms with E-state index in [1.165, 1.54) is 16.2 Å². The van der Waals surface area contributed by atoms with Crippen LogP contribution in [-0.2, 0) is 18.3 Å². The van der Waals surface area contributed by atoms with Gasteiger partial charge >= 0.3 is 0 Å². The fourth-order valence-corrected chi connectivity index (χ4v) is 4.08. The monoisotopic (exact) mass is 376 g/mol. The summed E-state index contributed by atoms with van der Waals surface area (Å²) in [6.45, 7) is 3.11. The third-order valence-corrected chi connectivity index (χ3v) is 5.71. The number of hydrogen-bond acceptors (Lipinski definition) is 5. The number of aryl methyl sites for hydroxylation is 2. The molecule has 0 saturated carbocycles. The first-order valence-electron chi connectivity index (χ1n) is 7.79. The van der Waals surface area contributed by atoms with Gasteiger partial charge in [-0.05, 0) is 37.4 Å². The van der Waals surface area contributed by atoms with Crippen LogP contribution in [-0.4, -0.2) is 40.2 Å². The molecule has 0 spiro atoms. The van der Waals surface area contributed by atoms with Crippen LogP contribution in [0.4, 0.5) is 0 Å². The van der Waals surface area contributed by atoms with Gasteiger partial charge in [-0.25, -0.2) is 0 Å². The predicted octanol–water partition coefficient (Wildman–Crippen LogP) is 2.85. The van der Waals surface area contributed by atoms with Crippen molar-refractivity contribution in [2.24, 2.45) is 12.0 Å². The average molecular weight is 377 g/mol. The smallest absolute Gasteiger partial charge is 0.300 e. The number of hydrogen-bond donors (Lipinski definition) is 0. The standard InChI is InChI=1S/C17H20N4O2S2/c1-11-9-13(19-20(11)2)16(22)18-17-21(7-8-23-3)14-6-5-12(24-4)10-15(14)25-17/h5-6,9-10H,7-8H2,1-4H3. The first kappa shape index (κ1) is 17.9. The van der Waals surface area contributed by atoms with Crippen molar-refractivity contribution in [3.8, 4) is 0 Å². The van der Waals surface area contributed by atoms with Crippen molar-refractivity contribution in [3.05, 3.63) is 40.5 Å². The van der Waals surface area contributed by atoms with Crippen molar-refractivity contribution in [1.29, 1.82) is 0 Å². The minimum Gasteiger partial charge on any atom is -0.383 e. The molecule has 2 aromatic heterocycles. The van der Waals surface area contributed by atoms with Crippen LogP contribution in [0.1, 0.15) is 16.2 Å². The minimum atomic E-state index is -0.327. The number of aromatic nitrogens is 3. The molecule has 6 nitrogen and oxygen atoms in total. The van der Waals surface area contributed by atoms with Gasteiger partial charge in [0.25, 0.3) is 5.91 Å². The van der Waals surface area contributed by atoms with Gasteiger partial charge in [0.15, 0.2) is 10.5 Å². The maximum Gasteiger partial charge on any atom is 0.300 e. The van der Waals surface area contributed by atoms with Crippen molar-refractivity contribution in [2.45, 2.75) is 18.4 Å². The largest absolute Gasteiger partial charge is 0.383 e. The van der Waals surface area contributed by atoms with E-state index in [9.17, 15) is 4.79 Å². The highest BCUT2D eigenvalue weighted by Gasteiger charge is 2.12. The quantitative estimate of drug-likeness (QED) is 0.643. The molecule has 8 heteroatoms. The second-order valence-corrected chi connectivity index (χ2v) is 7.46. The molecule has 132 valence electrons. The molecular weight excluding hydrogens is 356 g/mol. The zero-order chi connectivity index (χ0) is 18.0. The van der Waals surface area contributed by atoms with Gasteiger partial charge in [-0.2, -0.15) is 10.1 Å². The Kier molecular flexibility index (Phi) is 5.41. The summed E-state index contributed by atoms with van der Waals surface area (Å²) in [5.74, 6) is -0.327. The molecule has 3 rings (SSSR count). The molecule has 25 heavy (non-hydrogen) atoms. The zero-order valence-corrected chi connectivity index (χ0v) is 16.3. The Hall–Kier alpha value is -1.90. The Bertz CT molecular complexity index is 965. The average Bonchev–Trinajstić information content (AvgIpc) is 3.12. The number of nitrogens with zero attached hydrogens (tertiary/aromatic N) is 4. The number of carbonyl (C=O) groups excluding carboxylic acids is 1. The highest BCUT2D eigenvalue weighted by atomic mass is 32.2. The number of amides is 1. The third-order valence-electron chi connectivity index (χ3n) is 3.94. The van der Waals surface area contributed by atoms with Crippen molar-refractivity contribution >= 4 is 39.2 Å². The Balaban J connectivity index is 2.10. The van der Waals surface area contributed by atoms with Crippen LogP contribution in [0.3, 0.4) is 0 Å². The Labute approximate surface area is 154 Å². The maximum absolute atomic E-state index is 12.5. The molecule has 0 aliphatic rings. The Morgan fingerprint density at radius 2 is 2.20 bits per heavy atom. The zero-order valence-electron chi connectivity index (χ0n) is 14.6. The lowest BCUT2D eigenvalue weighted by atomic mass is 10.3. The van der Waals surface area contributed by atoms with Crippen molar-refractivity contribution in [2.75, 3.05) is 20.0 Å². The second-order valence-electron chi connectivity index (χ2n) is 5.57. The van der Waals surface area contributed by atoms with Crippen LogP contribution in [0, 0.1) is 6.92 Å². The van der Waals surface area contributed by atoms with Gasteiger partial charge in [-0.15, -0.1) is 11.8 Å². The summed E-state index contributed by atoms with van der Waals surface area (Å²) in [6, 6.07) is 8.03. The molecule has 0 fully saturated rings. The van der Waals surface area contributed by atoms with Gasteiger partial charge in [0, 0.05) is 31.3 Å². The van der Waals surface area contributed by atoms with Gasteiger partial charge < -0.3 is 9.30 Å². The van der Waals surface area contributed by atoms with Crippen molar-refractivity contribution < 1.29 is 9.53 Å². The number of thiazole rings is 1. The number of methoxy groups -OCH3 is 1. The summed E-state index contributed by atoms with van der Waals surface area (Å²) in [5.41, 5.74) is 2.34. The fraction of sp³-hybridized carbons (Fsp3) is 0.353. The molecule has 0 bridgehead atoms. The first-order valence-corrected chi connectivity index (χ1v) is 9.83. The highest BCUT2D eigenvalue weighted by Crippen LogP contribution is 2.24. The van der Waals surface area contributed by atoms with Gasteiger partial charge in [0.05, 0.1) is 16.8 Å². The summed E-state index contributed by atoms with van der Waals surface area (Å²) < 4.78 is 10.0. The lowest BCUT2D eigenvalue weighted by Crippen LogP contribution is -2.19. The van der Waals surface area contributed by atoms with Crippen molar-refractivity contribution in [1.82, 2.24) is 14.3 Å². The summed E-state index contributed by atoms with van der Waals surface area (Å²) in [5, 5.41) is 4.22. The van der Waals surface area contributed by atoms with Crippen LogP contribution in [0.15, 0.2) is 34.2 Å². The van der Waals surface area contributed by atoms with Crippen molar-refractivity contribution in [3.63, 3.8) is 0 Å². The molecule has 0 N–H and O–H groups in total. The summed E-state index contributed by atoms with van der Waals surface area (Å²) >= 11 is 3.20. The third kappa shape index (κ3) is 3.70. The summed E-state index contributed by atoms with van der Waals surface area (Å²) in [6.07, 6.45) is 2.05. The van der Waals surface area contributed by atoms with Gasteiger partial charge in [-0.1, -0.05) is 11.3 Å². The summed E-state index contributed by atoms with van der Waals surface area (Å²) in [4.78, 5) is 18.7. The van der Waals surface area contributed by atoms with E-state index in [0.29, 0.717) is 23.6 Å². The SMILES string of the molecule is COCCn1c(=NC(=O)c2cc(C)n(C)n2)sc2cc(SC)ccc21. The van der Waals surface area contributed by atoms with E-state index in [2.05, 4.69) is 28.3 Å². The maximum atomic E-state index is 12.5. The number of fused-ring (bicyclic) bond motifs is 1. The normalized spacial score (nSPS) is 12.2. The van der Waals surface area contributed by atoms with Gasteiger partial charge in [0.1, 0.15) is 0 Å². The van der Waals surface area contributed by atoms with E-state index in [1.807, 2.05) is 24.8 Å². The number of carbonyl (C=O) groups is 1. The number of rotatable bonds is 5. The molecule has 0 atom stereocenters.